The summed E-state index contributed by atoms with van der Waals surface area (Å²) in [5.74, 6) is 2.31. The third-order valence-corrected chi connectivity index (χ3v) is 4.87. The number of likely N-dealkylation sites (tertiary alicyclic amines) is 1. The van der Waals surface area contributed by atoms with E-state index in [9.17, 15) is 4.79 Å². The first kappa shape index (κ1) is 14.8. The van der Waals surface area contributed by atoms with Gasteiger partial charge in [0.15, 0.2) is 0 Å². The Labute approximate surface area is 125 Å². The van der Waals surface area contributed by atoms with E-state index in [2.05, 4.69) is 15.1 Å². The van der Waals surface area contributed by atoms with E-state index in [0.717, 1.165) is 31.4 Å². The molecular formula is C15H26N4O2. The Bertz CT molecular complexity index is 496. The summed E-state index contributed by atoms with van der Waals surface area (Å²) in [6, 6.07) is 0. The molecule has 2 aliphatic heterocycles. The van der Waals surface area contributed by atoms with E-state index in [4.69, 9.17) is 4.74 Å². The normalized spacial score (nSPS) is 24.7. The number of nitrogens with zero attached hydrogens (tertiary/aromatic N) is 3. The first-order valence-electron chi connectivity index (χ1n) is 8.20. The van der Waals surface area contributed by atoms with Gasteiger partial charge in [-0.1, -0.05) is 0 Å². The molecule has 0 aliphatic carbocycles. The Balaban J connectivity index is 1.48. The average Bonchev–Trinajstić information content (AvgIpc) is 3.11. The summed E-state index contributed by atoms with van der Waals surface area (Å²) < 4.78 is 7.21. The molecule has 6 nitrogen and oxygen atoms in total. The number of hydrogen-bond donors (Lipinski definition) is 1. The van der Waals surface area contributed by atoms with Crippen molar-refractivity contribution in [2.45, 2.75) is 39.2 Å². The largest absolute Gasteiger partial charge is 0.381 e. The number of piperidine rings is 1. The molecule has 0 bridgehead atoms. The van der Waals surface area contributed by atoms with Crippen LogP contribution in [0.2, 0.25) is 0 Å². The van der Waals surface area contributed by atoms with Crippen molar-refractivity contribution in [2.75, 3.05) is 32.8 Å². The second-order valence-corrected chi connectivity index (χ2v) is 6.37. The van der Waals surface area contributed by atoms with Gasteiger partial charge in [-0.05, 0) is 51.1 Å². The monoisotopic (exact) mass is 294 g/mol. The highest BCUT2D eigenvalue weighted by Gasteiger charge is 2.25. The van der Waals surface area contributed by atoms with E-state index in [-0.39, 0.29) is 5.69 Å². The van der Waals surface area contributed by atoms with Crippen LogP contribution < -0.4 is 5.69 Å². The molecule has 1 aromatic rings. The quantitative estimate of drug-likeness (QED) is 0.876. The Morgan fingerprint density at radius 3 is 2.76 bits per heavy atom. The molecule has 2 aliphatic rings. The highest BCUT2D eigenvalue weighted by Crippen LogP contribution is 2.23. The van der Waals surface area contributed by atoms with Gasteiger partial charge >= 0.3 is 5.69 Å². The fraction of sp³-hybridized carbons (Fsp3) is 0.867. The molecule has 118 valence electrons. The molecule has 3 rings (SSSR count). The summed E-state index contributed by atoms with van der Waals surface area (Å²) in [5, 5.41) is 6.75. The van der Waals surface area contributed by atoms with Crippen LogP contribution in [-0.4, -0.2) is 52.5 Å². The van der Waals surface area contributed by atoms with Gasteiger partial charge in [0.2, 0.25) is 0 Å². The maximum absolute atomic E-state index is 11.6. The summed E-state index contributed by atoms with van der Waals surface area (Å²) >= 11 is 0. The van der Waals surface area contributed by atoms with Crippen molar-refractivity contribution in [1.29, 1.82) is 0 Å². The first-order chi connectivity index (χ1) is 10.3. The van der Waals surface area contributed by atoms with Crippen LogP contribution in [0.4, 0.5) is 0 Å². The smallest absolute Gasteiger partial charge is 0.343 e. The van der Waals surface area contributed by atoms with Gasteiger partial charge in [-0.2, -0.15) is 5.10 Å². The van der Waals surface area contributed by atoms with Gasteiger partial charge in [-0.25, -0.2) is 9.89 Å². The molecule has 21 heavy (non-hydrogen) atoms. The molecule has 0 saturated carbocycles. The molecule has 0 unspecified atom stereocenters. The summed E-state index contributed by atoms with van der Waals surface area (Å²) in [6.07, 6.45) is 4.56. The summed E-state index contributed by atoms with van der Waals surface area (Å²) in [6.45, 7) is 8.10. The minimum atomic E-state index is -0.0776. The first-order valence-corrected chi connectivity index (χ1v) is 8.20. The Kier molecular flexibility index (Phi) is 4.75. The fourth-order valence-electron chi connectivity index (χ4n) is 3.56. The molecule has 0 aromatic carbocycles. The van der Waals surface area contributed by atoms with Crippen LogP contribution in [0.1, 0.15) is 32.0 Å². The number of ether oxygens (including phenoxy) is 1. The second kappa shape index (κ2) is 6.75. The molecule has 3 heterocycles. The third kappa shape index (κ3) is 3.55. The highest BCUT2D eigenvalue weighted by atomic mass is 16.5. The number of nitrogens with one attached hydrogen (secondary N) is 1. The number of aromatic amines is 1. The molecule has 0 spiro atoms. The van der Waals surface area contributed by atoms with E-state index in [1.165, 1.54) is 38.9 Å². The minimum absolute atomic E-state index is 0.0776. The van der Waals surface area contributed by atoms with Crippen molar-refractivity contribution < 1.29 is 4.74 Å². The van der Waals surface area contributed by atoms with E-state index in [1.807, 2.05) is 6.92 Å². The maximum atomic E-state index is 11.6. The topological polar surface area (TPSA) is 63.1 Å². The van der Waals surface area contributed by atoms with Gasteiger partial charge in [0.1, 0.15) is 5.82 Å². The fourth-order valence-corrected chi connectivity index (χ4v) is 3.56. The van der Waals surface area contributed by atoms with Crippen LogP contribution in [0.25, 0.3) is 0 Å². The molecule has 0 amide bonds. The zero-order valence-corrected chi connectivity index (χ0v) is 12.9. The van der Waals surface area contributed by atoms with E-state index >= 15 is 0 Å². The van der Waals surface area contributed by atoms with Crippen molar-refractivity contribution in [3.63, 3.8) is 0 Å². The predicted octanol–water partition coefficient (Wildman–Crippen LogP) is 0.882. The summed E-state index contributed by atoms with van der Waals surface area (Å²) in [4.78, 5) is 14.2. The Morgan fingerprint density at radius 1 is 1.29 bits per heavy atom. The van der Waals surface area contributed by atoms with Crippen molar-refractivity contribution in [1.82, 2.24) is 19.7 Å². The Hall–Kier alpha value is -1.14. The van der Waals surface area contributed by atoms with Crippen LogP contribution >= 0.6 is 0 Å². The lowest BCUT2D eigenvalue weighted by molar-refractivity contribution is 0.140. The maximum Gasteiger partial charge on any atom is 0.343 e. The second-order valence-electron chi connectivity index (χ2n) is 6.37. The zero-order chi connectivity index (χ0) is 14.7. The standard InChI is InChI=1S/C15H26N4O2/c1-2-19-14(16-17-15(19)20)9-12-3-6-18(7-4-12)10-13-5-8-21-11-13/h12-13H,2-11H2,1H3,(H,17,20)/t13-/m0/s1. The number of H-pyrrole nitrogens is 1. The van der Waals surface area contributed by atoms with Crippen LogP contribution in [0.5, 0.6) is 0 Å². The third-order valence-electron chi connectivity index (χ3n) is 4.87. The average molecular weight is 294 g/mol. The molecule has 2 fully saturated rings. The predicted molar refractivity (Wildman–Crippen MR) is 80.3 cm³/mol. The van der Waals surface area contributed by atoms with Gasteiger partial charge in [0, 0.05) is 26.1 Å². The number of aromatic nitrogens is 3. The van der Waals surface area contributed by atoms with Gasteiger partial charge < -0.3 is 9.64 Å². The Morgan fingerprint density at radius 2 is 2.10 bits per heavy atom. The molecule has 1 aromatic heterocycles. The molecule has 2 saturated heterocycles. The zero-order valence-electron chi connectivity index (χ0n) is 12.9. The van der Waals surface area contributed by atoms with Gasteiger partial charge in [-0.3, -0.25) is 4.57 Å². The van der Waals surface area contributed by atoms with E-state index < -0.39 is 0 Å². The molecule has 1 N–H and O–H groups in total. The van der Waals surface area contributed by atoms with E-state index in [1.54, 1.807) is 4.57 Å². The summed E-state index contributed by atoms with van der Waals surface area (Å²) in [7, 11) is 0. The highest BCUT2D eigenvalue weighted by molar-refractivity contribution is 4.90. The van der Waals surface area contributed by atoms with Gasteiger partial charge in [0.05, 0.1) is 6.61 Å². The minimum Gasteiger partial charge on any atom is -0.381 e. The van der Waals surface area contributed by atoms with Crippen LogP contribution in [0, 0.1) is 11.8 Å². The van der Waals surface area contributed by atoms with Gasteiger partial charge in [-0.15, -0.1) is 0 Å². The SMILES string of the molecule is CCn1c(CC2CCN(C[C@@H]3CCOC3)CC2)n[nH]c1=O. The van der Waals surface area contributed by atoms with Crippen molar-refractivity contribution in [3.8, 4) is 0 Å². The van der Waals surface area contributed by atoms with Crippen LogP contribution in [0.3, 0.4) is 0 Å². The van der Waals surface area contributed by atoms with Crippen molar-refractivity contribution in [2.24, 2.45) is 11.8 Å². The lowest BCUT2D eigenvalue weighted by Gasteiger charge is -2.33. The molecule has 6 heteroatoms. The lowest BCUT2D eigenvalue weighted by atomic mass is 9.92. The van der Waals surface area contributed by atoms with Crippen LogP contribution in [-0.2, 0) is 17.7 Å². The molecular weight excluding hydrogens is 268 g/mol. The molecule has 1 atom stereocenters. The van der Waals surface area contributed by atoms with Crippen molar-refractivity contribution in [3.05, 3.63) is 16.3 Å². The van der Waals surface area contributed by atoms with Gasteiger partial charge in [0.25, 0.3) is 0 Å². The number of rotatable bonds is 5. The van der Waals surface area contributed by atoms with Crippen molar-refractivity contribution >= 4 is 0 Å². The summed E-state index contributed by atoms with van der Waals surface area (Å²) in [5.41, 5.74) is -0.0776. The molecule has 0 radical (unpaired) electrons. The lowest BCUT2D eigenvalue weighted by Crippen LogP contribution is -2.38. The van der Waals surface area contributed by atoms with Crippen LogP contribution in [0.15, 0.2) is 4.79 Å². The van der Waals surface area contributed by atoms with E-state index in [0.29, 0.717) is 12.5 Å². The number of hydrogen-bond acceptors (Lipinski definition) is 4.